The van der Waals surface area contributed by atoms with E-state index in [9.17, 15) is 0 Å². The second-order valence-corrected chi connectivity index (χ2v) is 4.36. The SMILES string of the molecule is CC1COC(CO)CN1Cc1ccnn1C. The molecule has 1 fully saturated rings. The van der Waals surface area contributed by atoms with Gasteiger partial charge >= 0.3 is 0 Å². The van der Waals surface area contributed by atoms with E-state index in [1.807, 2.05) is 24.0 Å². The van der Waals surface area contributed by atoms with Gasteiger partial charge in [0.15, 0.2) is 0 Å². The van der Waals surface area contributed by atoms with Gasteiger partial charge < -0.3 is 9.84 Å². The molecule has 0 aromatic carbocycles. The van der Waals surface area contributed by atoms with Crippen molar-refractivity contribution in [1.29, 1.82) is 0 Å². The molecule has 2 rings (SSSR count). The van der Waals surface area contributed by atoms with Crippen LogP contribution in [-0.2, 0) is 18.3 Å². The maximum Gasteiger partial charge on any atom is 0.0933 e. The first kappa shape index (κ1) is 11.6. The van der Waals surface area contributed by atoms with Gasteiger partial charge in [-0.3, -0.25) is 9.58 Å². The lowest BCUT2D eigenvalue weighted by Gasteiger charge is -2.37. The van der Waals surface area contributed by atoms with Crippen LogP contribution in [0.15, 0.2) is 12.3 Å². The Morgan fingerprint density at radius 3 is 3.06 bits per heavy atom. The molecule has 2 unspecified atom stereocenters. The van der Waals surface area contributed by atoms with Crippen molar-refractivity contribution in [2.45, 2.75) is 25.6 Å². The van der Waals surface area contributed by atoms with Crippen LogP contribution in [0, 0.1) is 0 Å². The minimum Gasteiger partial charge on any atom is -0.394 e. The monoisotopic (exact) mass is 225 g/mol. The fraction of sp³-hybridized carbons (Fsp3) is 0.727. The third-order valence-corrected chi connectivity index (χ3v) is 3.13. The number of nitrogens with zero attached hydrogens (tertiary/aromatic N) is 3. The van der Waals surface area contributed by atoms with Crippen LogP contribution in [0.2, 0.25) is 0 Å². The number of aliphatic hydroxyl groups excluding tert-OH is 1. The van der Waals surface area contributed by atoms with E-state index in [0.717, 1.165) is 13.1 Å². The third kappa shape index (κ3) is 2.42. The van der Waals surface area contributed by atoms with E-state index in [1.165, 1.54) is 5.69 Å². The van der Waals surface area contributed by atoms with Crippen molar-refractivity contribution in [3.63, 3.8) is 0 Å². The Bertz CT molecular complexity index is 340. The van der Waals surface area contributed by atoms with E-state index >= 15 is 0 Å². The predicted octanol–water partition coefficient (Wildman–Crippen LogP) is 0.00170. The highest BCUT2D eigenvalue weighted by atomic mass is 16.5. The second-order valence-electron chi connectivity index (χ2n) is 4.36. The summed E-state index contributed by atoms with van der Waals surface area (Å²) in [5, 5.41) is 13.3. The number of morpholine rings is 1. The van der Waals surface area contributed by atoms with Crippen LogP contribution in [-0.4, -0.2) is 51.7 Å². The van der Waals surface area contributed by atoms with Gasteiger partial charge in [-0.15, -0.1) is 0 Å². The number of hydrogen-bond acceptors (Lipinski definition) is 4. The molecule has 0 bridgehead atoms. The van der Waals surface area contributed by atoms with E-state index in [0.29, 0.717) is 12.6 Å². The molecule has 1 aromatic heterocycles. The summed E-state index contributed by atoms with van der Waals surface area (Å²) in [5.41, 5.74) is 1.19. The van der Waals surface area contributed by atoms with Gasteiger partial charge in [0.25, 0.3) is 0 Å². The van der Waals surface area contributed by atoms with Crippen LogP contribution in [0.3, 0.4) is 0 Å². The lowest BCUT2D eigenvalue weighted by atomic mass is 10.2. The molecule has 0 amide bonds. The van der Waals surface area contributed by atoms with Crippen LogP contribution in [0.5, 0.6) is 0 Å². The highest BCUT2D eigenvalue weighted by Gasteiger charge is 2.25. The highest BCUT2D eigenvalue weighted by molar-refractivity contribution is 5.00. The van der Waals surface area contributed by atoms with Gasteiger partial charge in [0.05, 0.1) is 25.0 Å². The zero-order chi connectivity index (χ0) is 11.5. The first-order valence-corrected chi connectivity index (χ1v) is 5.64. The average Bonchev–Trinajstić information content (AvgIpc) is 2.68. The molecule has 1 saturated heterocycles. The number of aliphatic hydroxyl groups is 1. The van der Waals surface area contributed by atoms with Crippen molar-refractivity contribution >= 4 is 0 Å². The zero-order valence-electron chi connectivity index (χ0n) is 9.83. The van der Waals surface area contributed by atoms with Crippen LogP contribution < -0.4 is 0 Å². The fourth-order valence-electron chi connectivity index (χ4n) is 1.97. The molecule has 5 nitrogen and oxygen atoms in total. The summed E-state index contributed by atoms with van der Waals surface area (Å²) in [7, 11) is 1.95. The predicted molar refractivity (Wildman–Crippen MR) is 59.9 cm³/mol. The van der Waals surface area contributed by atoms with Gasteiger partial charge in [0.1, 0.15) is 0 Å². The fourth-order valence-corrected chi connectivity index (χ4v) is 1.97. The van der Waals surface area contributed by atoms with Gasteiger partial charge in [0.2, 0.25) is 0 Å². The molecule has 0 spiro atoms. The van der Waals surface area contributed by atoms with Crippen LogP contribution in [0.1, 0.15) is 12.6 Å². The van der Waals surface area contributed by atoms with Gasteiger partial charge in [-0.05, 0) is 13.0 Å². The molecule has 2 heterocycles. The minimum absolute atomic E-state index is 0.0515. The number of aromatic nitrogens is 2. The number of ether oxygens (including phenoxy) is 1. The largest absolute Gasteiger partial charge is 0.394 e. The van der Waals surface area contributed by atoms with Crippen LogP contribution in [0.25, 0.3) is 0 Å². The molecule has 2 atom stereocenters. The summed E-state index contributed by atoms with van der Waals surface area (Å²) in [5.74, 6) is 0. The third-order valence-electron chi connectivity index (χ3n) is 3.13. The Balaban J connectivity index is 1.99. The maximum absolute atomic E-state index is 9.11. The highest BCUT2D eigenvalue weighted by Crippen LogP contribution is 2.14. The molecule has 0 saturated carbocycles. The number of rotatable bonds is 3. The molecule has 1 aliphatic rings. The molecule has 1 aromatic rings. The minimum atomic E-state index is -0.0515. The first-order valence-electron chi connectivity index (χ1n) is 5.64. The van der Waals surface area contributed by atoms with Crippen molar-refractivity contribution in [3.05, 3.63) is 18.0 Å². The average molecular weight is 225 g/mol. The van der Waals surface area contributed by atoms with Crippen molar-refractivity contribution in [1.82, 2.24) is 14.7 Å². The molecule has 90 valence electrons. The standard InChI is InChI=1S/C11H19N3O2/c1-9-8-16-11(7-15)6-14(9)5-10-3-4-12-13(10)2/h3-4,9,11,15H,5-8H2,1-2H3. The Hall–Kier alpha value is -0.910. The second kappa shape index (κ2) is 4.95. The molecule has 16 heavy (non-hydrogen) atoms. The lowest BCUT2D eigenvalue weighted by molar-refractivity contribution is -0.0811. The molecule has 0 aliphatic carbocycles. The summed E-state index contributed by atoms with van der Waals surface area (Å²) in [6, 6.07) is 2.41. The molecular weight excluding hydrogens is 206 g/mol. The summed E-state index contributed by atoms with van der Waals surface area (Å²) >= 11 is 0. The molecule has 1 aliphatic heterocycles. The molecule has 0 radical (unpaired) electrons. The Kier molecular flexibility index (Phi) is 3.58. The maximum atomic E-state index is 9.11. The van der Waals surface area contributed by atoms with Gasteiger partial charge in [0, 0.05) is 32.4 Å². The lowest BCUT2D eigenvalue weighted by Crippen LogP contribution is -2.49. The van der Waals surface area contributed by atoms with E-state index in [4.69, 9.17) is 9.84 Å². The van der Waals surface area contributed by atoms with E-state index in [1.54, 1.807) is 0 Å². The molecular formula is C11H19N3O2. The normalized spacial score (nSPS) is 27.2. The molecule has 5 heteroatoms. The summed E-state index contributed by atoms with van der Waals surface area (Å²) < 4.78 is 7.39. The Labute approximate surface area is 95.6 Å². The molecule has 1 N–H and O–H groups in total. The number of aryl methyl sites for hydroxylation is 1. The summed E-state index contributed by atoms with van der Waals surface area (Å²) in [6.45, 7) is 4.56. The van der Waals surface area contributed by atoms with Crippen molar-refractivity contribution in [3.8, 4) is 0 Å². The van der Waals surface area contributed by atoms with Gasteiger partial charge in [-0.2, -0.15) is 5.10 Å². The van der Waals surface area contributed by atoms with Crippen molar-refractivity contribution in [2.75, 3.05) is 19.8 Å². The van der Waals surface area contributed by atoms with E-state index in [-0.39, 0.29) is 12.7 Å². The Morgan fingerprint density at radius 1 is 1.62 bits per heavy atom. The van der Waals surface area contributed by atoms with Crippen LogP contribution >= 0.6 is 0 Å². The van der Waals surface area contributed by atoms with Crippen LogP contribution in [0.4, 0.5) is 0 Å². The van der Waals surface area contributed by atoms with Gasteiger partial charge in [-0.25, -0.2) is 0 Å². The number of hydrogen-bond donors (Lipinski definition) is 1. The van der Waals surface area contributed by atoms with E-state index in [2.05, 4.69) is 16.9 Å². The van der Waals surface area contributed by atoms with Crippen molar-refractivity contribution < 1.29 is 9.84 Å². The summed E-state index contributed by atoms with van der Waals surface area (Å²) in [6.07, 6.45) is 1.76. The summed E-state index contributed by atoms with van der Waals surface area (Å²) in [4.78, 5) is 2.32. The first-order chi connectivity index (χ1) is 7.70. The Morgan fingerprint density at radius 2 is 2.44 bits per heavy atom. The zero-order valence-corrected chi connectivity index (χ0v) is 9.83. The van der Waals surface area contributed by atoms with Gasteiger partial charge in [-0.1, -0.05) is 0 Å². The smallest absolute Gasteiger partial charge is 0.0933 e. The van der Waals surface area contributed by atoms with Crippen molar-refractivity contribution in [2.24, 2.45) is 7.05 Å². The topological polar surface area (TPSA) is 50.5 Å². The van der Waals surface area contributed by atoms with E-state index < -0.39 is 0 Å². The quantitative estimate of drug-likeness (QED) is 0.787.